The van der Waals surface area contributed by atoms with Crippen molar-refractivity contribution in [3.8, 4) is 17.2 Å². The number of aryl methyl sites for hydroxylation is 1. The average molecular weight is 532 g/mol. The Morgan fingerprint density at radius 1 is 1.35 bits per heavy atom. The van der Waals surface area contributed by atoms with Crippen molar-refractivity contribution in [1.29, 1.82) is 0 Å². The second-order valence-corrected chi connectivity index (χ2v) is 4.89. The van der Waals surface area contributed by atoms with E-state index in [4.69, 9.17) is 5.11 Å². The number of pyridine rings is 1. The van der Waals surface area contributed by atoms with Crippen LogP contribution in [0.3, 0.4) is 0 Å². The zero-order valence-corrected chi connectivity index (χ0v) is 16.5. The summed E-state index contributed by atoms with van der Waals surface area (Å²) >= 11 is 0. The number of aromatic nitrogens is 8. The minimum Gasteiger partial charge on any atom is -0.512 e. The molecule has 137 valence electrons. The number of rotatable bonds is 3. The molecule has 3 heterocycles. The average Bonchev–Trinajstić information content (AvgIpc) is 3.05. The fraction of sp³-hybridized carbons (Fsp3) is 0.200. The summed E-state index contributed by atoms with van der Waals surface area (Å²) in [6.07, 6.45) is 8.53. The smallest absolute Gasteiger partial charge is 0.155 e. The van der Waals surface area contributed by atoms with E-state index in [1.165, 1.54) is 26.3 Å². The summed E-state index contributed by atoms with van der Waals surface area (Å²) in [5.41, 5.74) is 2.21. The van der Waals surface area contributed by atoms with Gasteiger partial charge in [0.05, 0.1) is 23.5 Å². The first kappa shape index (κ1) is 21.1. The van der Waals surface area contributed by atoms with Crippen molar-refractivity contribution < 1.29 is 30.0 Å². The quantitative estimate of drug-likeness (QED) is 0.299. The van der Waals surface area contributed by atoms with Gasteiger partial charge in [-0.1, -0.05) is 11.4 Å². The molecule has 0 spiro atoms. The molecule has 0 amide bonds. The molecule has 0 aliphatic carbocycles. The third-order valence-electron chi connectivity index (χ3n) is 2.79. The Balaban J connectivity index is 0.000000366. The predicted octanol–water partition coefficient (Wildman–Crippen LogP) is 1.05. The van der Waals surface area contributed by atoms with Gasteiger partial charge in [-0.25, -0.2) is 5.10 Å². The molecule has 1 radical (unpaired) electrons. The van der Waals surface area contributed by atoms with Crippen LogP contribution in [-0.4, -0.2) is 51.3 Å². The molecular formula is C15H15IrN8O2-. The molecule has 1 N–H and O–H groups in total. The first-order valence-corrected chi connectivity index (χ1v) is 7.12. The van der Waals surface area contributed by atoms with Crippen LogP contribution in [0.25, 0.3) is 17.2 Å². The summed E-state index contributed by atoms with van der Waals surface area (Å²) in [6.45, 7) is 4.80. The summed E-state index contributed by atoms with van der Waals surface area (Å²) in [5.74, 6) is 0.383. The number of allylic oxidation sites excluding steroid dienone is 2. The van der Waals surface area contributed by atoms with Gasteiger partial charge < -0.3 is 5.11 Å². The Kier molecular flexibility index (Phi) is 8.26. The van der Waals surface area contributed by atoms with Gasteiger partial charge in [0.25, 0.3) is 0 Å². The van der Waals surface area contributed by atoms with Crippen LogP contribution < -0.4 is 0 Å². The zero-order chi connectivity index (χ0) is 18.2. The molecule has 0 aliphatic rings. The van der Waals surface area contributed by atoms with Crippen LogP contribution >= 0.6 is 0 Å². The number of ketones is 1. The molecular weight excluding hydrogens is 516 g/mol. The van der Waals surface area contributed by atoms with Gasteiger partial charge >= 0.3 is 0 Å². The fourth-order valence-electron chi connectivity index (χ4n) is 1.79. The summed E-state index contributed by atoms with van der Waals surface area (Å²) in [6, 6.07) is 1.88. The predicted molar refractivity (Wildman–Crippen MR) is 86.4 cm³/mol. The third-order valence-corrected chi connectivity index (χ3v) is 2.79. The molecule has 0 bridgehead atoms. The summed E-state index contributed by atoms with van der Waals surface area (Å²) in [4.78, 5) is 18.1. The Bertz CT molecular complexity index is 878. The maximum atomic E-state index is 10.0. The topological polar surface area (TPSA) is 132 Å². The molecule has 26 heavy (non-hydrogen) atoms. The van der Waals surface area contributed by atoms with Crippen LogP contribution in [0.15, 0.2) is 36.6 Å². The second kappa shape index (κ2) is 10.2. The van der Waals surface area contributed by atoms with E-state index >= 15 is 0 Å². The molecule has 0 saturated heterocycles. The Morgan fingerprint density at radius 2 is 2.12 bits per heavy atom. The van der Waals surface area contributed by atoms with Gasteiger partial charge in [0.15, 0.2) is 5.78 Å². The maximum Gasteiger partial charge on any atom is 0.155 e. The molecule has 10 nitrogen and oxygen atoms in total. The van der Waals surface area contributed by atoms with Crippen molar-refractivity contribution in [3.05, 3.63) is 48.4 Å². The second-order valence-electron chi connectivity index (χ2n) is 4.89. The fourth-order valence-corrected chi connectivity index (χ4v) is 1.79. The molecule has 0 unspecified atom stereocenters. The van der Waals surface area contributed by atoms with Crippen molar-refractivity contribution in [1.82, 2.24) is 40.4 Å². The number of hydrogen-bond acceptors (Lipinski definition) is 9. The molecule has 0 aromatic carbocycles. The van der Waals surface area contributed by atoms with E-state index in [0.717, 1.165) is 11.3 Å². The number of hydrogen-bond donors (Lipinski definition) is 1. The molecule has 0 atom stereocenters. The first-order valence-electron chi connectivity index (χ1n) is 7.12. The summed E-state index contributed by atoms with van der Waals surface area (Å²) in [7, 11) is 0. The van der Waals surface area contributed by atoms with E-state index in [1.807, 2.05) is 13.0 Å². The van der Waals surface area contributed by atoms with Crippen molar-refractivity contribution in [2.45, 2.75) is 20.8 Å². The minimum absolute atomic E-state index is 0. The minimum atomic E-state index is -0.125. The largest absolute Gasteiger partial charge is 0.512 e. The standard InChI is InChI=1S/C10H7N8.C5H8O2.Ir/c1-7-2-3-11-5-9(7)18-10(15-16-17-18)8-4-13-14-6-12-8;1-4(6)3-5(2)7;/h2-3,5-6H,1H3;3,6H,1-2H3;/q-1;;/b;4-3-;. The van der Waals surface area contributed by atoms with Crippen molar-refractivity contribution in [2.75, 3.05) is 0 Å². The van der Waals surface area contributed by atoms with E-state index in [1.54, 1.807) is 17.1 Å². The van der Waals surface area contributed by atoms with Gasteiger partial charge in [-0.15, -0.1) is 0 Å². The zero-order valence-electron chi connectivity index (χ0n) is 14.2. The van der Waals surface area contributed by atoms with E-state index in [-0.39, 0.29) is 31.6 Å². The van der Waals surface area contributed by atoms with E-state index in [2.05, 4.69) is 41.9 Å². The third kappa shape index (κ3) is 5.87. The normalized spacial score (nSPS) is 10.3. The summed E-state index contributed by atoms with van der Waals surface area (Å²) in [5, 5.41) is 27.1. The van der Waals surface area contributed by atoms with Crippen molar-refractivity contribution in [3.63, 3.8) is 0 Å². The van der Waals surface area contributed by atoms with Crippen LogP contribution in [0.1, 0.15) is 19.4 Å². The molecule has 11 heteroatoms. The number of aliphatic hydroxyl groups is 1. The summed E-state index contributed by atoms with van der Waals surface area (Å²) < 4.78 is 1.54. The van der Waals surface area contributed by atoms with E-state index in [9.17, 15) is 4.79 Å². The van der Waals surface area contributed by atoms with Gasteiger partial charge in [0.2, 0.25) is 0 Å². The van der Waals surface area contributed by atoms with Gasteiger partial charge in [0.1, 0.15) is 6.33 Å². The van der Waals surface area contributed by atoms with E-state index in [0.29, 0.717) is 11.5 Å². The molecule has 3 aromatic rings. The van der Waals surface area contributed by atoms with Crippen LogP contribution in [0.4, 0.5) is 0 Å². The monoisotopic (exact) mass is 532 g/mol. The number of tetrazole rings is 1. The van der Waals surface area contributed by atoms with Gasteiger partial charge in [-0.05, 0) is 43.3 Å². The molecule has 3 rings (SSSR count). The Morgan fingerprint density at radius 3 is 2.65 bits per heavy atom. The number of aliphatic hydroxyl groups excluding tert-OH is 1. The van der Waals surface area contributed by atoms with Crippen LogP contribution in [0.5, 0.6) is 0 Å². The van der Waals surface area contributed by atoms with E-state index < -0.39 is 0 Å². The molecule has 0 fully saturated rings. The van der Waals surface area contributed by atoms with Crippen molar-refractivity contribution in [2.24, 2.45) is 0 Å². The number of nitrogens with zero attached hydrogens (tertiary/aromatic N) is 8. The Hall–Kier alpha value is -2.91. The first-order chi connectivity index (χ1) is 12.0. The van der Waals surface area contributed by atoms with Crippen LogP contribution in [-0.2, 0) is 24.9 Å². The SMILES string of the molecule is CC(=O)/C=C(/C)O.Cc1ccncc1-n1nnnc1-c1[c-]nncn1.[Ir]. The maximum absolute atomic E-state index is 10.0. The van der Waals surface area contributed by atoms with Gasteiger partial charge in [0, 0.05) is 32.4 Å². The van der Waals surface area contributed by atoms with Gasteiger partial charge in [-0.2, -0.15) is 5.10 Å². The van der Waals surface area contributed by atoms with Crippen LogP contribution in [0.2, 0.25) is 0 Å². The molecule has 0 aliphatic heterocycles. The molecule has 3 aromatic heterocycles. The molecule has 0 saturated carbocycles. The number of carbonyl (C=O) groups is 1. The number of carbonyl (C=O) groups excluding carboxylic acids is 1. The van der Waals surface area contributed by atoms with Crippen LogP contribution in [0, 0.1) is 13.1 Å². The van der Waals surface area contributed by atoms with Crippen molar-refractivity contribution >= 4 is 5.78 Å². The Labute approximate surface area is 162 Å². The van der Waals surface area contributed by atoms with Gasteiger partial charge in [-0.3, -0.25) is 24.5 Å².